The first-order valence-corrected chi connectivity index (χ1v) is 11.3. The number of nitrogens with zero attached hydrogens (tertiary/aromatic N) is 2. The second-order valence-electron chi connectivity index (χ2n) is 7.65. The standard InChI is InChI=1S/C25H36N2O3/c1-5-26(6-2)13-15-29-19-10-12-22-23(17-19)21-11-9-20(18-24(21)25(22)28)30-16-14-27(7-3)8-4/h9-12,17-18,25,28H,5-8,13-16H2,1-4H3. The molecule has 0 aliphatic heterocycles. The summed E-state index contributed by atoms with van der Waals surface area (Å²) in [7, 11) is 0. The predicted octanol–water partition coefficient (Wildman–Crippen LogP) is 4.19. The first-order valence-electron chi connectivity index (χ1n) is 11.3. The number of hydrogen-bond acceptors (Lipinski definition) is 5. The maximum absolute atomic E-state index is 10.8. The lowest BCUT2D eigenvalue weighted by molar-refractivity contribution is 0.216. The number of rotatable bonds is 12. The van der Waals surface area contributed by atoms with Crippen LogP contribution in [-0.2, 0) is 0 Å². The van der Waals surface area contributed by atoms with Crippen molar-refractivity contribution >= 4 is 0 Å². The molecule has 1 N–H and O–H groups in total. The van der Waals surface area contributed by atoms with Crippen LogP contribution in [0.25, 0.3) is 11.1 Å². The van der Waals surface area contributed by atoms with Gasteiger partial charge in [-0.25, -0.2) is 0 Å². The molecule has 1 atom stereocenters. The molecule has 1 unspecified atom stereocenters. The molecule has 5 heteroatoms. The van der Waals surface area contributed by atoms with Gasteiger partial charge in [0.25, 0.3) is 0 Å². The Bertz CT molecular complexity index is 816. The Morgan fingerprint density at radius 2 is 1.23 bits per heavy atom. The zero-order chi connectivity index (χ0) is 21.5. The van der Waals surface area contributed by atoms with Crippen LogP contribution in [-0.4, -0.2) is 67.4 Å². The lowest BCUT2D eigenvalue weighted by atomic mass is 10.1. The van der Waals surface area contributed by atoms with Crippen LogP contribution >= 0.6 is 0 Å². The zero-order valence-corrected chi connectivity index (χ0v) is 18.9. The fourth-order valence-corrected chi connectivity index (χ4v) is 4.03. The number of likely N-dealkylation sites (N-methyl/N-ethyl adjacent to an activating group) is 2. The van der Waals surface area contributed by atoms with Gasteiger partial charge in [0.05, 0.1) is 0 Å². The quantitative estimate of drug-likeness (QED) is 0.566. The minimum absolute atomic E-state index is 0.619. The Hall–Kier alpha value is -2.08. The van der Waals surface area contributed by atoms with Gasteiger partial charge in [-0.1, -0.05) is 39.8 Å². The van der Waals surface area contributed by atoms with Gasteiger partial charge in [-0.05, 0) is 72.7 Å². The van der Waals surface area contributed by atoms with E-state index in [0.717, 1.165) is 73.0 Å². The summed E-state index contributed by atoms with van der Waals surface area (Å²) in [5.41, 5.74) is 3.95. The minimum atomic E-state index is -0.619. The highest BCUT2D eigenvalue weighted by molar-refractivity contribution is 5.79. The lowest BCUT2D eigenvalue weighted by Crippen LogP contribution is -2.27. The Balaban J connectivity index is 1.67. The van der Waals surface area contributed by atoms with Crippen molar-refractivity contribution in [3.05, 3.63) is 47.5 Å². The van der Waals surface area contributed by atoms with Gasteiger partial charge in [-0.3, -0.25) is 0 Å². The van der Waals surface area contributed by atoms with Gasteiger partial charge in [0.2, 0.25) is 0 Å². The van der Waals surface area contributed by atoms with E-state index in [0.29, 0.717) is 13.2 Å². The molecule has 1 aliphatic carbocycles. The molecule has 0 amide bonds. The number of hydrogen-bond donors (Lipinski definition) is 1. The number of benzene rings is 2. The van der Waals surface area contributed by atoms with E-state index < -0.39 is 6.10 Å². The lowest BCUT2D eigenvalue weighted by Gasteiger charge is -2.18. The molecule has 164 valence electrons. The third kappa shape index (κ3) is 5.15. The smallest absolute Gasteiger partial charge is 0.120 e. The Labute approximate surface area is 181 Å². The minimum Gasteiger partial charge on any atom is -0.492 e. The Kier molecular flexibility index (Phi) is 8.14. The second kappa shape index (κ2) is 10.8. The first kappa shape index (κ1) is 22.6. The van der Waals surface area contributed by atoms with Crippen molar-refractivity contribution in [3.8, 4) is 22.6 Å². The van der Waals surface area contributed by atoms with E-state index in [-0.39, 0.29) is 0 Å². The Morgan fingerprint density at radius 3 is 1.80 bits per heavy atom. The molecule has 0 bridgehead atoms. The monoisotopic (exact) mass is 412 g/mol. The summed E-state index contributed by atoms with van der Waals surface area (Å²) in [4.78, 5) is 4.67. The second-order valence-corrected chi connectivity index (χ2v) is 7.65. The summed E-state index contributed by atoms with van der Waals surface area (Å²) in [6, 6.07) is 12.0. The van der Waals surface area contributed by atoms with E-state index in [1.54, 1.807) is 0 Å². The Morgan fingerprint density at radius 1 is 0.700 bits per heavy atom. The maximum Gasteiger partial charge on any atom is 0.120 e. The fourth-order valence-electron chi connectivity index (χ4n) is 4.03. The van der Waals surface area contributed by atoms with Crippen molar-refractivity contribution in [2.45, 2.75) is 33.8 Å². The van der Waals surface area contributed by atoms with Gasteiger partial charge < -0.3 is 24.4 Å². The maximum atomic E-state index is 10.8. The van der Waals surface area contributed by atoms with Crippen LogP contribution in [0.3, 0.4) is 0 Å². The topological polar surface area (TPSA) is 45.2 Å². The van der Waals surface area contributed by atoms with Crippen LogP contribution in [0.2, 0.25) is 0 Å². The summed E-state index contributed by atoms with van der Waals surface area (Å²) in [6.45, 7) is 15.9. The molecule has 0 fully saturated rings. The van der Waals surface area contributed by atoms with Gasteiger partial charge in [0.15, 0.2) is 0 Å². The molecule has 5 nitrogen and oxygen atoms in total. The van der Waals surface area contributed by atoms with E-state index >= 15 is 0 Å². The molecular weight excluding hydrogens is 376 g/mol. The van der Waals surface area contributed by atoms with Crippen LogP contribution in [0.4, 0.5) is 0 Å². The fraction of sp³-hybridized carbons (Fsp3) is 0.520. The molecular formula is C25H36N2O3. The van der Waals surface area contributed by atoms with Gasteiger partial charge in [-0.2, -0.15) is 0 Å². The van der Waals surface area contributed by atoms with Crippen LogP contribution in [0.5, 0.6) is 11.5 Å². The number of ether oxygens (including phenoxy) is 2. The van der Waals surface area contributed by atoms with Gasteiger partial charge in [0.1, 0.15) is 30.8 Å². The molecule has 0 spiro atoms. The molecule has 1 aliphatic rings. The average molecular weight is 413 g/mol. The summed E-state index contributed by atoms with van der Waals surface area (Å²) in [5, 5.41) is 10.8. The number of aliphatic hydroxyl groups is 1. The molecule has 0 radical (unpaired) electrons. The van der Waals surface area contributed by atoms with E-state index in [1.807, 2.05) is 30.3 Å². The van der Waals surface area contributed by atoms with Crippen molar-refractivity contribution in [2.24, 2.45) is 0 Å². The van der Waals surface area contributed by atoms with Crippen LogP contribution < -0.4 is 9.47 Å². The van der Waals surface area contributed by atoms with Crippen LogP contribution in [0.1, 0.15) is 44.9 Å². The third-order valence-electron chi connectivity index (χ3n) is 6.07. The summed E-state index contributed by atoms with van der Waals surface area (Å²) >= 11 is 0. The SMILES string of the molecule is CCN(CC)CCOc1ccc2c(c1)-c1ccc(OCCN(CC)CC)cc1C2O. The van der Waals surface area contributed by atoms with Gasteiger partial charge in [0, 0.05) is 13.1 Å². The highest BCUT2D eigenvalue weighted by Crippen LogP contribution is 2.45. The van der Waals surface area contributed by atoms with Crippen LogP contribution in [0.15, 0.2) is 36.4 Å². The average Bonchev–Trinajstić information content (AvgIpc) is 3.05. The zero-order valence-electron chi connectivity index (χ0n) is 18.9. The van der Waals surface area contributed by atoms with E-state index in [1.165, 1.54) is 0 Å². The molecule has 2 aromatic carbocycles. The van der Waals surface area contributed by atoms with E-state index in [4.69, 9.17) is 9.47 Å². The summed E-state index contributed by atoms with van der Waals surface area (Å²) < 4.78 is 11.9. The summed E-state index contributed by atoms with van der Waals surface area (Å²) in [5.74, 6) is 1.66. The molecule has 0 heterocycles. The highest BCUT2D eigenvalue weighted by Gasteiger charge is 2.28. The van der Waals surface area contributed by atoms with Gasteiger partial charge >= 0.3 is 0 Å². The van der Waals surface area contributed by atoms with Crippen molar-refractivity contribution in [2.75, 3.05) is 52.5 Å². The van der Waals surface area contributed by atoms with Crippen molar-refractivity contribution in [3.63, 3.8) is 0 Å². The number of aliphatic hydroxyl groups excluding tert-OH is 1. The van der Waals surface area contributed by atoms with Crippen LogP contribution in [0, 0.1) is 0 Å². The molecule has 2 aromatic rings. The summed E-state index contributed by atoms with van der Waals surface area (Å²) in [6.07, 6.45) is -0.619. The highest BCUT2D eigenvalue weighted by atomic mass is 16.5. The molecule has 0 saturated carbocycles. The molecule has 0 saturated heterocycles. The normalized spacial score (nSPS) is 14.8. The van der Waals surface area contributed by atoms with E-state index in [2.05, 4.69) is 43.6 Å². The first-order chi connectivity index (χ1) is 14.6. The van der Waals surface area contributed by atoms with Crippen molar-refractivity contribution in [1.29, 1.82) is 0 Å². The van der Waals surface area contributed by atoms with E-state index in [9.17, 15) is 5.11 Å². The number of fused-ring (bicyclic) bond motifs is 3. The molecule has 30 heavy (non-hydrogen) atoms. The largest absolute Gasteiger partial charge is 0.492 e. The van der Waals surface area contributed by atoms with Gasteiger partial charge in [-0.15, -0.1) is 0 Å². The molecule has 0 aromatic heterocycles. The van der Waals surface area contributed by atoms with Crippen molar-refractivity contribution in [1.82, 2.24) is 9.80 Å². The predicted molar refractivity (Wildman–Crippen MR) is 123 cm³/mol. The van der Waals surface area contributed by atoms with Crippen molar-refractivity contribution < 1.29 is 14.6 Å². The molecule has 3 rings (SSSR count). The third-order valence-corrected chi connectivity index (χ3v) is 6.07.